The fourth-order valence-electron chi connectivity index (χ4n) is 3.00. The number of fused-ring (bicyclic) bond motifs is 1. The van der Waals surface area contributed by atoms with Gasteiger partial charge in [0, 0.05) is 5.92 Å². The first-order valence-corrected chi connectivity index (χ1v) is 7.00. The maximum absolute atomic E-state index is 2.51. The van der Waals surface area contributed by atoms with Crippen molar-refractivity contribution >= 4 is 0 Å². The summed E-state index contributed by atoms with van der Waals surface area (Å²) >= 11 is 0. The highest BCUT2D eigenvalue weighted by Gasteiger charge is 2.21. The Kier molecular flexibility index (Phi) is 3.45. The molecule has 92 valence electrons. The van der Waals surface area contributed by atoms with Crippen molar-refractivity contribution in [3.8, 4) is 0 Å². The van der Waals surface area contributed by atoms with Gasteiger partial charge in [-0.15, -0.1) is 0 Å². The third kappa shape index (κ3) is 2.64. The molecule has 0 amide bonds. The lowest BCUT2D eigenvalue weighted by Gasteiger charge is -2.28. The van der Waals surface area contributed by atoms with Crippen molar-refractivity contribution in [1.29, 1.82) is 0 Å². The lowest BCUT2D eigenvalue weighted by Crippen LogP contribution is -2.16. The van der Waals surface area contributed by atoms with E-state index in [1.165, 1.54) is 31.2 Å². The zero-order valence-electron chi connectivity index (χ0n) is 10.8. The van der Waals surface area contributed by atoms with E-state index < -0.39 is 0 Å². The first kappa shape index (κ1) is 11.5. The average Bonchev–Trinajstić information content (AvgIpc) is 2.46. The van der Waals surface area contributed by atoms with E-state index in [1.54, 1.807) is 5.57 Å². The largest absolute Gasteiger partial charge is 0.0805 e. The van der Waals surface area contributed by atoms with Gasteiger partial charge in [0.15, 0.2) is 0 Å². The number of rotatable bonds is 3. The molecule has 0 saturated carbocycles. The van der Waals surface area contributed by atoms with Crippen LogP contribution in [-0.4, -0.2) is 0 Å². The minimum atomic E-state index is 0.662. The van der Waals surface area contributed by atoms with Crippen molar-refractivity contribution < 1.29 is 0 Å². The highest BCUT2D eigenvalue weighted by atomic mass is 14.3. The van der Waals surface area contributed by atoms with Gasteiger partial charge in [0.05, 0.1) is 0 Å². The number of hydrogen-bond acceptors (Lipinski definition) is 0. The second-order valence-electron chi connectivity index (χ2n) is 5.36. The first-order valence-electron chi connectivity index (χ1n) is 7.00. The maximum Gasteiger partial charge on any atom is 0.00154 e. The Bertz CT molecular complexity index is 476. The van der Waals surface area contributed by atoms with Gasteiger partial charge in [-0.1, -0.05) is 66.3 Å². The Balaban J connectivity index is 1.62. The normalized spacial score (nSPS) is 25.7. The number of allylic oxidation sites excluding steroid dienone is 6. The first-order chi connectivity index (χ1) is 8.92. The minimum Gasteiger partial charge on any atom is -0.0805 e. The van der Waals surface area contributed by atoms with E-state index in [0.29, 0.717) is 5.92 Å². The Morgan fingerprint density at radius 2 is 1.78 bits per heavy atom. The standard InChI is InChI=1S/C18H20/c1-2-6-15(7-3-1)10-11-16-12-13-17-8-4-5-9-18(17)14-16/h1-9,14,17-18H,10-13H2. The van der Waals surface area contributed by atoms with Gasteiger partial charge in [0.1, 0.15) is 0 Å². The summed E-state index contributed by atoms with van der Waals surface area (Å²) in [6.07, 6.45) is 16.6. The van der Waals surface area contributed by atoms with Gasteiger partial charge in [-0.3, -0.25) is 0 Å². The third-order valence-corrected chi connectivity index (χ3v) is 4.10. The van der Waals surface area contributed by atoms with Crippen molar-refractivity contribution in [3.05, 3.63) is 71.8 Å². The van der Waals surface area contributed by atoms with E-state index in [-0.39, 0.29) is 0 Å². The molecule has 0 spiro atoms. The number of benzene rings is 1. The number of aryl methyl sites for hydroxylation is 1. The van der Waals surface area contributed by atoms with Crippen molar-refractivity contribution in [2.75, 3.05) is 0 Å². The van der Waals surface area contributed by atoms with Crippen molar-refractivity contribution in [1.82, 2.24) is 0 Å². The van der Waals surface area contributed by atoms with Crippen LogP contribution >= 0.6 is 0 Å². The summed E-state index contributed by atoms with van der Waals surface area (Å²) in [6.45, 7) is 0. The molecule has 0 radical (unpaired) electrons. The fraction of sp³-hybridized carbons (Fsp3) is 0.333. The van der Waals surface area contributed by atoms with Gasteiger partial charge >= 0.3 is 0 Å². The molecule has 2 atom stereocenters. The van der Waals surface area contributed by atoms with Crippen LogP contribution in [0.15, 0.2) is 66.3 Å². The predicted octanol–water partition coefficient (Wildman–Crippen LogP) is 4.70. The van der Waals surface area contributed by atoms with Crippen LogP contribution in [0.5, 0.6) is 0 Å². The Morgan fingerprint density at radius 1 is 0.944 bits per heavy atom. The topological polar surface area (TPSA) is 0 Å². The molecule has 0 fully saturated rings. The molecule has 0 N–H and O–H groups in total. The summed E-state index contributed by atoms with van der Waals surface area (Å²) in [5, 5.41) is 0. The molecule has 0 saturated heterocycles. The monoisotopic (exact) mass is 236 g/mol. The van der Waals surface area contributed by atoms with Crippen LogP contribution in [0.3, 0.4) is 0 Å². The molecule has 0 aromatic heterocycles. The molecule has 0 aliphatic heterocycles. The molecule has 0 heterocycles. The molecule has 3 rings (SSSR count). The van der Waals surface area contributed by atoms with E-state index in [2.05, 4.69) is 60.7 Å². The summed E-state index contributed by atoms with van der Waals surface area (Å²) in [6, 6.07) is 10.8. The zero-order chi connectivity index (χ0) is 12.2. The van der Waals surface area contributed by atoms with Crippen LogP contribution in [0.1, 0.15) is 24.8 Å². The molecule has 18 heavy (non-hydrogen) atoms. The Hall–Kier alpha value is -1.56. The molecule has 0 nitrogen and oxygen atoms in total. The van der Waals surface area contributed by atoms with Crippen molar-refractivity contribution in [3.63, 3.8) is 0 Å². The van der Waals surface area contributed by atoms with Gasteiger partial charge in [-0.25, -0.2) is 0 Å². The van der Waals surface area contributed by atoms with Crippen LogP contribution in [-0.2, 0) is 6.42 Å². The van der Waals surface area contributed by atoms with E-state index >= 15 is 0 Å². The lowest BCUT2D eigenvalue weighted by atomic mass is 9.77. The van der Waals surface area contributed by atoms with Crippen LogP contribution in [0.2, 0.25) is 0 Å². The van der Waals surface area contributed by atoms with Gasteiger partial charge in [0.25, 0.3) is 0 Å². The fourth-order valence-corrected chi connectivity index (χ4v) is 3.00. The van der Waals surface area contributed by atoms with E-state index in [9.17, 15) is 0 Å². The lowest BCUT2D eigenvalue weighted by molar-refractivity contribution is 0.473. The van der Waals surface area contributed by atoms with Crippen molar-refractivity contribution in [2.45, 2.75) is 25.7 Å². The summed E-state index contributed by atoms with van der Waals surface area (Å²) in [7, 11) is 0. The van der Waals surface area contributed by atoms with E-state index in [1.807, 2.05) is 0 Å². The van der Waals surface area contributed by atoms with E-state index in [4.69, 9.17) is 0 Å². The van der Waals surface area contributed by atoms with Gasteiger partial charge in [0.2, 0.25) is 0 Å². The molecule has 1 aromatic carbocycles. The molecule has 1 aromatic rings. The second kappa shape index (κ2) is 5.39. The number of hydrogen-bond donors (Lipinski definition) is 0. The summed E-state index contributed by atoms with van der Waals surface area (Å²) in [5.41, 5.74) is 3.11. The van der Waals surface area contributed by atoms with Crippen LogP contribution in [0.25, 0.3) is 0 Å². The third-order valence-electron chi connectivity index (χ3n) is 4.10. The minimum absolute atomic E-state index is 0.662. The van der Waals surface area contributed by atoms with Gasteiger partial charge in [-0.2, -0.15) is 0 Å². The molecule has 2 aliphatic carbocycles. The summed E-state index contributed by atoms with van der Waals surface area (Å²) in [5.74, 6) is 1.42. The molecular formula is C18H20. The van der Waals surface area contributed by atoms with Crippen LogP contribution < -0.4 is 0 Å². The summed E-state index contributed by atoms with van der Waals surface area (Å²) < 4.78 is 0. The smallest absolute Gasteiger partial charge is 0.00154 e. The molecular weight excluding hydrogens is 216 g/mol. The molecule has 2 aliphatic rings. The van der Waals surface area contributed by atoms with E-state index in [0.717, 1.165) is 5.92 Å². The van der Waals surface area contributed by atoms with Crippen LogP contribution in [0, 0.1) is 11.8 Å². The Labute approximate surface area is 110 Å². The Morgan fingerprint density at radius 3 is 2.67 bits per heavy atom. The highest BCUT2D eigenvalue weighted by Crippen LogP contribution is 2.34. The molecule has 0 heteroatoms. The van der Waals surface area contributed by atoms with Gasteiger partial charge < -0.3 is 0 Å². The molecule has 0 bridgehead atoms. The van der Waals surface area contributed by atoms with Crippen molar-refractivity contribution in [2.24, 2.45) is 11.8 Å². The second-order valence-corrected chi connectivity index (χ2v) is 5.36. The average molecular weight is 236 g/mol. The quantitative estimate of drug-likeness (QED) is 0.667. The SMILES string of the molecule is C1=CC2C=C(CCc3ccccc3)CCC2C=C1. The van der Waals surface area contributed by atoms with Gasteiger partial charge in [-0.05, 0) is 37.2 Å². The highest BCUT2D eigenvalue weighted by molar-refractivity contribution is 5.25. The summed E-state index contributed by atoms with van der Waals surface area (Å²) in [4.78, 5) is 0. The maximum atomic E-state index is 2.51. The zero-order valence-corrected chi connectivity index (χ0v) is 10.8. The van der Waals surface area contributed by atoms with Crippen LogP contribution in [0.4, 0.5) is 0 Å². The molecule has 2 unspecified atom stereocenters. The predicted molar refractivity (Wildman–Crippen MR) is 77.3 cm³/mol.